The maximum atomic E-state index is 5.83. The standard InChI is InChI=1S/C11H8ClN3S/c12-8-3-1-7(2-4-8)5-10-14-9-6-13-15-11(9)16-10/h1-4,6,9H,5H2/t9-/m1/s1. The first-order valence-electron chi connectivity index (χ1n) is 4.91. The number of benzene rings is 1. The molecule has 1 atom stereocenters. The molecule has 0 amide bonds. The van der Waals surface area contributed by atoms with Gasteiger partial charge in [-0.3, -0.25) is 4.99 Å². The monoisotopic (exact) mass is 249 g/mol. The smallest absolute Gasteiger partial charge is 0.138 e. The third kappa shape index (κ3) is 1.90. The number of hydrogen-bond donors (Lipinski definition) is 0. The number of fused-ring (bicyclic) bond motifs is 1. The van der Waals surface area contributed by atoms with Crippen molar-refractivity contribution < 1.29 is 0 Å². The maximum absolute atomic E-state index is 5.83. The van der Waals surface area contributed by atoms with Gasteiger partial charge in [0.2, 0.25) is 0 Å². The average Bonchev–Trinajstić information content (AvgIpc) is 2.81. The van der Waals surface area contributed by atoms with Gasteiger partial charge in [-0.1, -0.05) is 35.5 Å². The lowest BCUT2D eigenvalue weighted by Gasteiger charge is -1.99. The number of halogens is 1. The quantitative estimate of drug-likeness (QED) is 0.794. The first-order valence-corrected chi connectivity index (χ1v) is 6.11. The number of nitrogens with zero attached hydrogens (tertiary/aromatic N) is 3. The Balaban J connectivity index is 1.75. The van der Waals surface area contributed by atoms with Crippen molar-refractivity contribution in [3.63, 3.8) is 0 Å². The molecule has 0 fully saturated rings. The van der Waals surface area contributed by atoms with Crippen LogP contribution in [0.15, 0.2) is 39.5 Å². The fourth-order valence-electron chi connectivity index (χ4n) is 1.61. The second-order valence-electron chi connectivity index (χ2n) is 3.58. The Labute approximate surface area is 102 Å². The summed E-state index contributed by atoms with van der Waals surface area (Å²) in [4.78, 5) is 4.53. The predicted molar refractivity (Wildman–Crippen MR) is 69.9 cm³/mol. The van der Waals surface area contributed by atoms with Crippen LogP contribution in [0.2, 0.25) is 5.02 Å². The molecule has 3 rings (SSSR count). The zero-order chi connectivity index (χ0) is 11.0. The Morgan fingerprint density at radius 3 is 2.81 bits per heavy atom. The van der Waals surface area contributed by atoms with E-state index in [1.54, 1.807) is 18.0 Å². The molecule has 1 aromatic carbocycles. The van der Waals surface area contributed by atoms with Crippen LogP contribution in [-0.2, 0) is 6.42 Å². The Morgan fingerprint density at radius 1 is 1.25 bits per heavy atom. The second-order valence-corrected chi connectivity index (χ2v) is 5.11. The van der Waals surface area contributed by atoms with E-state index in [-0.39, 0.29) is 6.04 Å². The van der Waals surface area contributed by atoms with E-state index in [0.717, 1.165) is 21.5 Å². The van der Waals surface area contributed by atoms with Crippen LogP contribution in [0.25, 0.3) is 0 Å². The lowest BCUT2D eigenvalue weighted by molar-refractivity contribution is 1.19. The van der Waals surface area contributed by atoms with Gasteiger partial charge in [0.15, 0.2) is 0 Å². The van der Waals surface area contributed by atoms with Crippen molar-refractivity contribution in [2.24, 2.45) is 15.2 Å². The normalized spacial score (nSPS) is 21.9. The molecule has 0 unspecified atom stereocenters. The van der Waals surface area contributed by atoms with E-state index < -0.39 is 0 Å². The van der Waals surface area contributed by atoms with Gasteiger partial charge in [-0.15, -0.1) is 5.10 Å². The molecule has 0 N–H and O–H groups in total. The maximum Gasteiger partial charge on any atom is 0.138 e. The molecule has 0 bridgehead atoms. The van der Waals surface area contributed by atoms with E-state index in [4.69, 9.17) is 11.6 Å². The Bertz CT molecular complexity index is 504. The first kappa shape index (κ1) is 10.1. The first-order chi connectivity index (χ1) is 7.81. The number of thioether (sulfide) groups is 1. The van der Waals surface area contributed by atoms with Gasteiger partial charge in [0.25, 0.3) is 0 Å². The predicted octanol–water partition coefficient (Wildman–Crippen LogP) is 2.79. The summed E-state index contributed by atoms with van der Waals surface area (Å²) in [6.07, 6.45) is 2.61. The van der Waals surface area contributed by atoms with E-state index in [1.807, 2.05) is 24.3 Å². The molecule has 80 valence electrons. The molecule has 5 heteroatoms. The molecule has 16 heavy (non-hydrogen) atoms. The number of aliphatic imine (C=N–C) groups is 1. The summed E-state index contributed by atoms with van der Waals surface area (Å²) in [5.74, 6) is 0. The zero-order valence-corrected chi connectivity index (χ0v) is 9.87. The van der Waals surface area contributed by atoms with Crippen molar-refractivity contribution >= 4 is 39.7 Å². The van der Waals surface area contributed by atoms with E-state index in [9.17, 15) is 0 Å². The summed E-state index contributed by atoms with van der Waals surface area (Å²) in [5.41, 5.74) is 1.22. The highest BCUT2D eigenvalue weighted by Crippen LogP contribution is 2.26. The average molecular weight is 250 g/mol. The van der Waals surface area contributed by atoms with Crippen molar-refractivity contribution in [3.05, 3.63) is 34.9 Å². The molecule has 2 heterocycles. The molecular weight excluding hydrogens is 242 g/mol. The van der Waals surface area contributed by atoms with Crippen LogP contribution in [0.3, 0.4) is 0 Å². The Hall–Kier alpha value is -1.13. The van der Waals surface area contributed by atoms with Crippen LogP contribution in [-0.4, -0.2) is 22.3 Å². The van der Waals surface area contributed by atoms with Gasteiger partial charge in [0.1, 0.15) is 11.1 Å². The van der Waals surface area contributed by atoms with E-state index in [0.29, 0.717) is 0 Å². The molecule has 2 aliphatic rings. The molecule has 3 nitrogen and oxygen atoms in total. The SMILES string of the molecule is Clc1ccc(CC2=N[C@@H]3C=NN=C3S2)cc1. The molecule has 0 aliphatic carbocycles. The van der Waals surface area contributed by atoms with Gasteiger partial charge in [-0.05, 0) is 17.7 Å². The van der Waals surface area contributed by atoms with Crippen molar-refractivity contribution in [1.29, 1.82) is 0 Å². The topological polar surface area (TPSA) is 37.1 Å². The minimum Gasteiger partial charge on any atom is -0.266 e. The molecule has 0 aromatic heterocycles. The summed E-state index contributed by atoms with van der Waals surface area (Å²) in [6, 6.07) is 7.92. The van der Waals surface area contributed by atoms with Crippen LogP contribution in [0.1, 0.15) is 5.56 Å². The minimum atomic E-state index is 0.0762. The fraction of sp³-hybridized carbons (Fsp3) is 0.182. The number of rotatable bonds is 2. The number of hydrogen-bond acceptors (Lipinski definition) is 4. The highest BCUT2D eigenvalue weighted by molar-refractivity contribution is 8.27. The molecule has 0 saturated heterocycles. The highest BCUT2D eigenvalue weighted by atomic mass is 35.5. The summed E-state index contributed by atoms with van der Waals surface area (Å²) in [7, 11) is 0. The van der Waals surface area contributed by atoms with Crippen molar-refractivity contribution in [2.75, 3.05) is 0 Å². The zero-order valence-electron chi connectivity index (χ0n) is 8.30. The van der Waals surface area contributed by atoms with E-state index in [2.05, 4.69) is 15.2 Å². The lowest BCUT2D eigenvalue weighted by atomic mass is 10.2. The Kier molecular flexibility index (Phi) is 2.53. The molecule has 1 aromatic rings. The summed E-state index contributed by atoms with van der Waals surface area (Å²) in [5, 5.41) is 10.7. The largest absolute Gasteiger partial charge is 0.266 e. The lowest BCUT2D eigenvalue weighted by Crippen LogP contribution is -2.06. The van der Waals surface area contributed by atoms with Crippen LogP contribution in [0, 0.1) is 0 Å². The molecular formula is C11H8ClN3S. The summed E-state index contributed by atoms with van der Waals surface area (Å²) < 4.78 is 0. The van der Waals surface area contributed by atoms with Gasteiger partial charge in [0, 0.05) is 11.4 Å². The fourth-order valence-corrected chi connectivity index (χ4v) is 2.70. The third-order valence-electron chi connectivity index (χ3n) is 2.39. The van der Waals surface area contributed by atoms with Gasteiger partial charge >= 0.3 is 0 Å². The van der Waals surface area contributed by atoms with Gasteiger partial charge in [0.05, 0.1) is 11.3 Å². The van der Waals surface area contributed by atoms with E-state index >= 15 is 0 Å². The van der Waals surface area contributed by atoms with Crippen molar-refractivity contribution in [3.8, 4) is 0 Å². The molecule has 0 radical (unpaired) electrons. The van der Waals surface area contributed by atoms with Crippen LogP contribution < -0.4 is 0 Å². The van der Waals surface area contributed by atoms with Gasteiger partial charge < -0.3 is 0 Å². The van der Waals surface area contributed by atoms with Crippen molar-refractivity contribution in [2.45, 2.75) is 12.5 Å². The van der Waals surface area contributed by atoms with Crippen LogP contribution in [0.5, 0.6) is 0 Å². The minimum absolute atomic E-state index is 0.0762. The van der Waals surface area contributed by atoms with Gasteiger partial charge in [-0.25, -0.2) is 0 Å². The van der Waals surface area contributed by atoms with Crippen molar-refractivity contribution in [1.82, 2.24) is 0 Å². The summed E-state index contributed by atoms with van der Waals surface area (Å²) >= 11 is 7.46. The van der Waals surface area contributed by atoms with Gasteiger partial charge in [-0.2, -0.15) is 5.10 Å². The Morgan fingerprint density at radius 2 is 2.06 bits per heavy atom. The van der Waals surface area contributed by atoms with Crippen LogP contribution >= 0.6 is 23.4 Å². The summed E-state index contributed by atoms with van der Waals surface area (Å²) in [6.45, 7) is 0. The highest BCUT2D eigenvalue weighted by Gasteiger charge is 2.27. The molecule has 2 aliphatic heterocycles. The van der Waals surface area contributed by atoms with Crippen LogP contribution in [0.4, 0.5) is 0 Å². The molecule has 0 saturated carbocycles. The molecule has 0 spiro atoms. The second kappa shape index (κ2) is 4.03. The third-order valence-corrected chi connectivity index (χ3v) is 3.66. The van der Waals surface area contributed by atoms with E-state index in [1.165, 1.54) is 5.56 Å².